The Balaban J connectivity index is 1.44. The van der Waals surface area contributed by atoms with Gasteiger partial charge < -0.3 is 20.1 Å². The predicted molar refractivity (Wildman–Crippen MR) is 103 cm³/mol. The number of hydrogen-bond acceptors (Lipinski definition) is 5. The van der Waals surface area contributed by atoms with Crippen molar-refractivity contribution in [2.75, 3.05) is 31.2 Å². The number of rotatable bonds is 4. The van der Waals surface area contributed by atoms with Gasteiger partial charge in [-0.1, -0.05) is 12.1 Å². The number of fused-ring (bicyclic) bond motifs is 1. The van der Waals surface area contributed by atoms with E-state index in [1.54, 1.807) is 6.07 Å². The number of nitrogens with zero attached hydrogens (tertiary/aromatic N) is 2. The second-order valence-corrected chi connectivity index (χ2v) is 7.08. The van der Waals surface area contributed by atoms with E-state index in [0.29, 0.717) is 25.3 Å². The summed E-state index contributed by atoms with van der Waals surface area (Å²) >= 11 is 0. The molecule has 0 bridgehead atoms. The maximum Gasteiger partial charge on any atom is 0.255 e. The van der Waals surface area contributed by atoms with Gasteiger partial charge in [0, 0.05) is 13.1 Å². The van der Waals surface area contributed by atoms with Gasteiger partial charge in [-0.25, -0.2) is 4.98 Å². The van der Waals surface area contributed by atoms with Gasteiger partial charge in [0.05, 0.1) is 31.0 Å². The molecule has 6 heteroatoms. The average Bonchev–Trinajstić information content (AvgIpc) is 2.73. The van der Waals surface area contributed by atoms with Gasteiger partial charge in [0.15, 0.2) is 0 Å². The van der Waals surface area contributed by atoms with E-state index < -0.39 is 0 Å². The molecular formula is C21H25N3O3. The summed E-state index contributed by atoms with van der Waals surface area (Å²) in [5.74, 6) is 0.779. The Morgan fingerprint density at radius 3 is 2.81 bits per heavy atom. The molecule has 1 aromatic heterocycles. The molecule has 27 heavy (non-hydrogen) atoms. The summed E-state index contributed by atoms with van der Waals surface area (Å²) in [5, 5.41) is 13.4. The molecule has 2 aliphatic rings. The highest BCUT2D eigenvalue weighted by molar-refractivity contribution is 5.97. The van der Waals surface area contributed by atoms with Crippen molar-refractivity contribution in [1.29, 1.82) is 0 Å². The van der Waals surface area contributed by atoms with Gasteiger partial charge in [-0.15, -0.1) is 0 Å². The quantitative estimate of drug-likeness (QED) is 0.868. The number of nitrogens with one attached hydrogen (secondary N) is 1. The molecule has 1 saturated heterocycles. The molecule has 0 saturated carbocycles. The highest BCUT2D eigenvalue weighted by Gasteiger charge is 2.20. The minimum atomic E-state index is -0.264. The van der Waals surface area contributed by atoms with Crippen LogP contribution >= 0.6 is 0 Å². The van der Waals surface area contributed by atoms with E-state index in [1.165, 1.54) is 0 Å². The number of carbonyl (C=O) groups is 1. The molecule has 142 valence electrons. The summed E-state index contributed by atoms with van der Waals surface area (Å²) < 4.78 is 5.38. The van der Waals surface area contributed by atoms with E-state index in [0.717, 1.165) is 61.4 Å². The Labute approximate surface area is 159 Å². The number of hydrogen-bond donors (Lipinski definition) is 2. The summed E-state index contributed by atoms with van der Waals surface area (Å²) in [7, 11) is 0. The molecule has 2 aromatic rings. The van der Waals surface area contributed by atoms with Crippen LogP contribution in [0.25, 0.3) is 0 Å². The highest BCUT2D eigenvalue weighted by Crippen LogP contribution is 2.31. The Kier molecular flexibility index (Phi) is 5.25. The molecule has 0 atom stereocenters. The Hall–Kier alpha value is -2.60. The van der Waals surface area contributed by atoms with Crippen LogP contribution in [-0.4, -0.2) is 42.3 Å². The number of morpholine rings is 1. The number of benzene rings is 1. The van der Waals surface area contributed by atoms with Gasteiger partial charge in [0.25, 0.3) is 5.91 Å². The first-order valence-electron chi connectivity index (χ1n) is 9.63. The van der Waals surface area contributed by atoms with E-state index >= 15 is 0 Å². The van der Waals surface area contributed by atoms with Crippen LogP contribution in [0, 0.1) is 0 Å². The number of pyridine rings is 1. The topological polar surface area (TPSA) is 74.7 Å². The smallest absolute Gasteiger partial charge is 0.255 e. The van der Waals surface area contributed by atoms with Crippen molar-refractivity contribution in [3.8, 4) is 5.75 Å². The minimum Gasteiger partial charge on any atom is -0.507 e. The fourth-order valence-electron chi connectivity index (χ4n) is 3.79. The second kappa shape index (κ2) is 7.96. The van der Waals surface area contributed by atoms with E-state index in [9.17, 15) is 9.90 Å². The molecule has 4 rings (SSSR count). The van der Waals surface area contributed by atoms with Crippen LogP contribution in [-0.2, 0) is 24.1 Å². The Bertz CT molecular complexity index is 831. The first-order valence-corrected chi connectivity index (χ1v) is 9.63. The van der Waals surface area contributed by atoms with Crippen LogP contribution in [0.2, 0.25) is 0 Å². The van der Waals surface area contributed by atoms with Crippen molar-refractivity contribution >= 4 is 11.7 Å². The monoisotopic (exact) mass is 367 g/mol. The number of aromatic hydroxyl groups is 1. The van der Waals surface area contributed by atoms with Crippen LogP contribution < -0.4 is 10.2 Å². The van der Waals surface area contributed by atoms with Crippen molar-refractivity contribution in [3.63, 3.8) is 0 Å². The maximum atomic E-state index is 12.6. The van der Waals surface area contributed by atoms with Crippen LogP contribution in [0.1, 0.15) is 40.0 Å². The average molecular weight is 367 g/mol. The van der Waals surface area contributed by atoms with E-state index in [4.69, 9.17) is 4.74 Å². The molecule has 0 spiro atoms. The summed E-state index contributed by atoms with van der Waals surface area (Å²) in [6, 6.07) is 9.53. The highest BCUT2D eigenvalue weighted by atomic mass is 16.5. The van der Waals surface area contributed by atoms with Gasteiger partial charge in [0.1, 0.15) is 11.6 Å². The number of carbonyl (C=O) groups excluding carboxylic acids is 1. The standard InChI is InChI=1S/C21H25N3O3/c25-20-17-6-2-1-4-15(17)8-9-18(20)21(26)22-14-16-5-3-7-19(23-16)24-10-12-27-13-11-24/h3,5,7-9,25H,1-2,4,6,10-14H2,(H,22,26). The number of phenols is 1. The molecule has 2 heterocycles. The molecule has 2 N–H and O–H groups in total. The van der Waals surface area contributed by atoms with Crippen molar-refractivity contribution in [3.05, 3.63) is 52.7 Å². The van der Waals surface area contributed by atoms with Crippen molar-refractivity contribution in [2.24, 2.45) is 0 Å². The molecule has 1 aromatic carbocycles. The van der Waals surface area contributed by atoms with E-state index in [1.807, 2.05) is 24.3 Å². The van der Waals surface area contributed by atoms with Crippen molar-refractivity contribution in [2.45, 2.75) is 32.2 Å². The third kappa shape index (κ3) is 3.90. The molecule has 0 radical (unpaired) electrons. The zero-order valence-corrected chi connectivity index (χ0v) is 15.4. The molecule has 1 aliphatic heterocycles. The number of anilines is 1. The lowest BCUT2D eigenvalue weighted by Gasteiger charge is -2.28. The van der Waals surface area contributed by atoms with E-state index in [2.05, 4.69) is 15.2 Å². The third-order valence-corrected chi connectivity index (χ3v) is 5.30. The number of amides is 1. The van der Waals surface area contributed by atoms with Crippen LogP contribution in [0.5, 0.6) is 5.75 Å². The summed E-state index contributed by atoms with van der Waals surface area (Å²) in [4.78, 5) is 19.4. The fraction of sp³-hybridized carbons (Fsp3) is 0.429. The first-order chi connectivity index (χ1) is 13.2. The maximum absolute atomic E-state index is 12.6. The summed E-state index contributed by atoms with van der Waals surface area (Å²) in [5.41, 5.74) is 3.24. The molecule has 6 nitrogen and oxygen atoms in total. The predicted octanol–water partition coefficient (Wildman–Crippen LogP) is 2.43. The Morgan fingerprint density at radius 2 is 1.96 bits per heavy atom. The lowest BCUT2D eigenvalue weighted by Crippen LogP contribution is -2.37. The number of aryl methyl sites for hydroxylation is 1. The number of aromatic nitrogens is 1. The van der Waals surface area contributed by atoms with Crippen LogP contribution in [0.4, 0.5) is 5.82 Å². The minimum absolute atomic E-state index is 0.139. The second-order valence-electron chi connectivity index (χ2n) is 7.08. The summed E-state index contributed by atoms with van der Waals surface area (Å²) in [6.07, 6.45) is 4.02. The Morgan fingerprint density at radius 1 is 1.15 bits per heavy atom. The first kappa shape index (κ1) is 17.8. The summed E-state index contributed by atoms with van der Waals surface area (Å²) in [6.45, 7) is 3.39. The van der Waals surface area contributed by atoms with Gasteiger partial charge in [-0.3, -0.25) is 4.79 Å². The van der Waals surface area contributed by atoms with Crippen LogP contribution in [0.3, 0.4) is 0 Å². The lowest BCUT2D eigenvalue weighted by molar-refractivity contribution is 0.0947. The molecule has 1 amide bonds. The number of phenolic OH excluding ortho intramolecular Hbond substituents is 1. The molecule has 1 aliphatic carbocycles. The lowest BCUT2D eigenvalue weighted by atomic mass is 9.89. The molecule has 1 fully saturated rings. The van der Waals surface area contributed by atoms with Gasteiger partial charge in [-0.2, -0.15) is 0 Å². The normalized spacial score (nSPS) is 16.7. The largest absolute Gasteiger partial charge is 0.507 e. The van der Waals surface area contributed by atoms with Crippen molar-refractivity contribution < 1.29 is 14.6 Å². The zero-order chi connectivity index (χ0) is 18.6. The molecule has 0 unspecified atom stereocenters. The SMILES string of the molecule is O=C(NCc1cccc(N2CCOCC2)n1)c1ccc2c(c1O)CCCC2. The van der Waals surface area contributed by atoms with Crippen LogP contribution in [0.15, 0.2) is 30.3 Å². The van der Waals surface area contributed by atoms with Gasteiger partial charge >= 0.3 is 0 Å². The van der Waals surface area contributed by atoms with Crippen molar-refractivity contribution in [1.82, 2.24) is 10.3 Å². The van der Waals surface area contributed by atoms with Gasteiger partial charge in [0.2, 0.25) is 0 Å². The third-order valence-electron chi connectivity index (χ3n) is 5.30. The molecular weight excluding hydrogens is 342 g/mol. The number of ether oxygens (including phenoxy) is 1. The fourth-order valence-corrected chi connectivity index (χ4v) is 3.79. The van der Waals surface area contributed by atoms with E-state index in [-0.39, 0.29) is 11.7 Å². The zero-order valence-electron chi connectivity index (χ0n) is 15.4. The van der Waals surface area contributed by atoms with Gasteiger partial charge in [-0.05, 0) is 55.0 Å².